The number of hydrogen-bond donors (Lipinski definition) is 1. The van der Waals surface area contributed by atoms with E-state index in [0.717, 1.165) is 81.3 Å². The maximum atomic E-state index is 6.59. The monoisotopic (exact) mass is 2120 g/mol. The first-order valence-corrected chi connectivity index (χ1v) is 49.8. The van der Waals surface area contributed by atoms with Crippen LogP contribution in [0.5, 0.6) is 46.0 Å². The van der Waals surface area contributed by atoms with Gasteiger partial charge < -0.3 is 105 Å². The van der Waals surface area contributed by atoms with Gasteiger partial charge in [0, 0.05) is 22.3 Å². The molecule has 0 amide bonds. The van der Waals surface area contributed by atoms with Crippen LogP contribution in [-0.4, -0.2) is 40.3 Å². The molecule has 12 aromatic rings. The van der Waals surface area contributed by atoms with Crippen LogP contribution in [0.25, 0.3) is 22.3 Å². The second-order valence-corrected chi connectivity index (χ2v) is 50.2. The molecular weight excluding hydrogens is 1990 g/mol. The third kappa shape index (κ3) is 25.1. The van der Waals surface area contributed by atoms with Crippen LogP contribution in [0, 0.1) is 0 Å². The van der Waals surface area contributed by atoms with Crippen LogP contribution in [0.15, 0.2) is 243 Å². The largest absolute Gasteiger partial charge is 2.00 e. The molecule has 16 rings (SSSR count). The number of ether oxygens (including phenoxy) is 8. The Bertz CT molecular complexity index is 4870. The van der Waals surface area contributed by atoms with Crippen LogP contribution >= 0.6 is 31.7 Å². The molecule has 704 valence electrons. The quantitative estimate of drug-likeness (QED) is 0.0756. The van der Waals surface area contributed by atoms with E-state index in [4.69, 9.17) is 37.9 Å². The minimum absolute atomic E-state index is 0. The normalized spacial score (nSPS) is 13.1. The summed E-state index contributed by atoms with van der Waals surface area (Å²) in [6.45, 7) is 61.6. The van der Waals surface area contributed by atoms with E-state index in [1.807, 2.05) is 0 Å². The zero-order valence-electron chi connectivity index (χ0n) is 81.5. The standard InChI is InChI=1S/2C54H60O4P2.C4H11N.5ClH.2Ru/c2*1-51(2,3)35-13-21-39(22-14-35)59(40-23-15-36(16-24-40)52(4,5)6)45-31-29-43-49(57-33-55-43)47(45)48-46(32-30-44-50(48)58-34-56-44)60(41-25-17-37(18-26-41)53(7,8)9)42-27-19-38(20-28-42)54(10,11)12;1-3-5-4-2;;;;;;;/h2*13-32H,33-34H2,1-12H3;5H,3-4H2,1-2H3;5*1H;;/q;;;;;;;;2*+2/p-5. The summed E-state index contributed by atoms with van der Waals surface area (Å²) in [5.41, 5.74) is 14.8. The molecule has 9 nitrogen and oxygen atoms in total. The molecule has 0 saturated carbocycles. The van der Waals surface area contributed by atoms with Crippen molar-refractivity contribution in [2.45, 2.75) is 223 Å². The van der Waals surface area contributed by atoms with Crippen LogP contribution < -0.4 is 169 Å². The number of nitrogens with one attached hydrogen (secondary N) is 1. The fourth-order valence-electron chi connectivity index (χ4n) is 16.4. The van der Waals surface area contributed by atoms with Gasteiger partial charge in [-0.25, -0.2) is 0 Å². The Morgan fingerprint density at radius 2 is 0.326 bits per heavy atom. The van der Waals surface area contributed by atoms with Gasteiger partial charge in [-0.3, -0.25) is 0 Å². The van der Waals surface area contributed by atoms with Gasteiger partial charge in [0.1, 0.15) is 0 Å². The number of fused-ring (bicyclic) bond motifs is 4. The Balaban J connectivity index is 0.000000326. The predicted molar refractivity (Wildman–Crippen MR) is 537 cm³/mol. The SMILES string of the molecule is CC(C)(C)c1ccc(P(c2ccc(C(C)(C)C)cc2)c2ccc3c(c2-c2c(P(c4ccc(C(C)(C)C)cc4)c4ccc(C(C)(C)C)cc4)ccc4c2OCO4)OCO3)cc1.CC(C)(C)c1ccc(P(c2ccc(C(C)(C)C)cc2)c2ccc3c(c2-c2c(P(c4ccc(C(C)(C)C)cc4)c4ccc(C(C)(C)C)cc4)ccc4c2OCO4)OCO3)cc1.CCNCC.[Cl-].[Cl-].[Cl-].[Cl-].[Cl-].[Ru+2].[Ru+2]. The van der Waals surface area contributed by atoms with Crippen LogP contribution in [0.1, 0.15) is 225 Å². The van der Waals surface area contributed by atoms with Crippen LogP contribution in [0.4, 0.5) is 0 Å². The molecule has 0 aromatic heterocycles. The molecule has 0 bridgehead atoms. The third-order valence-electron chi connectivity index (χ3n) is 24.0. The Morgan fingerprint density at radius 3 is 0.432 bits per heavy atom. The van der Waals surface area contributed by atoms with Gasteiger partial charge in [0.05, 0.1) is 0 Å². The van der Waals surface area contributed by atoms with Gasteiger partial charge in [0.2, 0.25) is 27.2 Å². The number of hydrogen-bond acceptors (Lipinski definition) is 9. The van der Waals surface area contributed by atoms with E-state index in [0.29, 0.717) is 0 Å². The molecule has 4 heterocycles. The summed E-state index contributed by atoms with van der Waals surface area (Å²) < 4.78 is 51.2. The second-order valence-electron chi connectivity index (χ2n) is 41.4. The third-order valence-corrected chi connectivity index (χ3v) is 33.9. The van der Waals surface area contributed by atoms with E-state index in [9.17, 15) is 0 Å². The summed E-state index contributed by atoms with van der Waals surface area (Å²) in [5, 5.41) is 18.0. The first-order valence-electron chi connectivity index (χ1n) is 44.5. The van der Waals surface area contributed by atoms with E-state index < -0.39 is 31.7 Å². The van der Waals surface area contributed by atoms with E-state index in [-0.39, 0.29) is 171 Å². The summed E-state index contributed by atoms with van der Waals surface area (Å²) >= 11 is 0. The van der Waals surface area contributed by atoms with Crippen molar-refractivity contribution in [3.05, 3.63) is 287 Å². The van der Waals surface area contributed by atoms with Crippen molar-refractivity contribution in [1.82, 2.24) is 5.32 Å². The summed E-state index contributed by atoms with van der Waals surface area (Å²) in [7, 11) is -4.40. The Hall–Kier alpha value is -6.58. The van der Waals surface area contributed by atoms with Gasteiger partial charge in [0.15, 0.2) is 46.0 Å². The molecule has 132 heavy (non-hydrogen) atoms. The molecule has 4 aliphatic heterocycles. The first kappa shape index (κ1) is 112. The topological polar surface area (TPSA) is 85.9 Å². The van der Waals surface area contributed by atoms with Crippen molar-refractivity contribution in [3.8, 4) is 68.2 Å². The molecule has 1 N–H and O–H groups in total. The molecule has 12 aromatic carbocycles. The van der Waals surface area contributed by atoms with Crippen molar-refractivity contribution in [2.75, 3.05) is 40.3 Å². The zero-order valence-corrected chi connectivity index (χ0v) is 92.3. The Labute approximate surface area is 851 Å². The van der Waals surface area contributed by atoms with Gasteiger partial charge in [-0.1, -0.05) is 374 Å². The molecule has 0 radical (unpaired) electrons. The average Bonchev–Trinajstić information content (AvgIpc) is 1.39. The van der Waals surface area contributed by atoms with Gasteiger partial charge in [-0.05, 0) is 245 Å². The summed E-state index contributed by atoms with van der Waals surface area (Å²) in [5.74, 6) is 5.98. The van der Waals surface area contributed by atoms with Crippen molar-refractivity contribution >= 4 is 95.3 Å². The maximum absolute atomic E-state index is 6.59. The minimum atomic E-state index is -1.10. The van der Waals surface area contributed by atoms with Gasteiger partial charge >= 0.3 is 39.0 Å². The van der Waals surface area contributed by atoms with Gasteiger partial charge in [0.25, 0.3) is 0 Å². The second kappa shape index (κ2) is 45.4. The van der Waals surface area contributed by atoms with Crippen LogP contribution in [0.2, 0.25) is 0 Å². The van der Waals surface area contributed by atoms with Crippen LogP contribution in [0.3, 0.4) is 0 Å². The van der Waals surface area contributed by atoms with Crippen molar-refractivity contribution in [2.24, 2.45) is 0 Å². The summed E-state index contributed by atoms with van der Waals surface area (Å²) in [6, 6.07) is 92.0. The average molecular weight is 2120 g/mol. The van der Waals surface area contributed by atoms with Crippen molar-refractivity contribution in [3.63, 3.8) is 0 Å². The number of halogens is 5. The molecule has 0 spiro atoms. The van der Waals surface area contributed by atoms with Gasteiger partial charge in [-0.2, -0.15) is 0 Å². The minimum Gasteiger partial charge on any atom is -1.00 e. The maximum Gasteiger partial charge on any atom is 2.00 e. The fourth-order valence-corrected chi connectivity index (χ4v) is 26.0. The molecule has 0 saturated heterocycles. The van der Waals surface area contributed by atoms with Crippen molar-refractivity contribution < 1.29 is 139 Å². The van der Waals surface area contributed by atoms with E-state index in [1.54, 1.807) is 0 Å². The molecule has 0 atom stereocenters. The molecule has 0 fully saturated rings. The Morgan fingerprint density at radius 1 is 0.197 bits per heavy atom. The Kier molecular flexibility index (Phi) is 38.6. The van der Waals surface area contributed by atoms with E-state index in [2.05, 4.69) is 428 Å². The molecular formula is C112H131Cl5NO8P4Ru2-. The predicted octanol–water partition coefficient (Wildman–Crippen LogP) is 8.67. The molecule has 0 unspecified atom stereocenters. The van der Waals surface area contributed by atoms with Crippen LogP contribution in [-0.2, 0) is 82.3 Å². The first-order chi connectivity index (χ1) is 59.0. The fraction of sp³-hybridized carbons (Fsp3) is 0.357. The molecule has 0 aliphatic carbocycles. The zero-order chi connectivity index (χ0) is 89.7. The number of benzene rings is 12. The van der Waals surface area contributed by atoms with E-state index >= 15 is 0 Å². The smallest absolute Gasteiger partial charge is 1.00 e. The van der Waals surface area contributed by atoms with E-state index in [1.165, 1.54) is 108 Å². The molecule has 20 heteroatoms. The summed E-state index contributed by atoms with van der Waals surface area (Å²) in [4.78, 5) is 0. The van der Waals surface area contributed by atoms with Gasteiger partial charge in [-0.15, -0.1) is 0 Å². The van der Waals surface area contributed by atoms with Crippen molar-refractivity contribution in [1.29, 1.82) is 0 Å². The summed E-state index contributed by atoms with van der Waals surface area (Å²) in [6.07, 6.45) is 0. The molecule has 4 aliphatic rings. The number of rotatable bonds is 16.